The van der Waals surface area contributed by atoms with Crippen LogP contribution >= 0.6 is 0 Å². The van der Waals surface area contributed by atoms with Gasteiger partial charge in [-0.15, -0.1) is 0 Å². The Hall–Kier alpha value is -1.43. The number of hydrogen-bond donors (Lipinski definition) is 1. The van der Waals surface area contributed by atoms with Crippen molar-refractivity contribution in [1.82, 2.24) is 15.2 Å². The highest BCUT2D eigenvalue weighted by Crippen LogP contribution is 2.18. The molecule has 1 fully saturated rings. The normalized spacial score (nSPS) is 21.3. The van der Waals surface area contributed by atoms with Crippen molar-refractivity contribution in [3.8, 4) is 0 Å². The number of rotatable bonds is 3. The molecule has 0 radical (unpaired) electrons. The zero-order valence-corrected chi connectivity index (χ0v) is 11.7. The summed E-state index contributed by atoms with van der Waals surface area (Å²) < 4.78 is 0. The molecule has 0 aliphatic carbocycles. The quantitative estimate of drug-likeness (QED) is 0.785. The number of nitrogens with zero attached hydrogens (tertiary/aromatic N) is 3. The predicted molar refractivity (Wildman–Crippen MR) is 72.7 cm³/mol. The van der Waals surface area contributed by atoms with Crippen LogP contribution in [0.25, 0.3) is 0 Å². The van der Waals surface area contributed by atoms with Crippen molar-refractivity contribution < 1.29 is 9.59 Å². The summed E-state index contributed by atoms with van der Waals surface area (Å²) in [6.07, 6.45) is 2.91. The molecule has 6 heteroatoms. The van der Waals surface area contributed by atoms with Gasteiger partial charge in [-0.05, 0) is 32.9 Å². The molecule has 1 saturated heterocycles. The van der Waals surface area contributed by atoms with Crippen molar-refractivity contribution in [3.63, 3.8) is 0 Å². The van der Waals surface area contributed by atoms with Crippen LogP contribution in [-0.2, 0) is 9.59 Å². The highest BCUT2D eigenvalue weighted by atomic mass is 16.2. The molecule has 2 aliphatic rings. The average molecular weight is 266 g/mol. The molecule has 19 heavy (non-hydrogen) atoms. The molecule has 0 atom stereocenters. The van der Waals surface area contributed by atoms with Crippen LogP contribution < -0.4 is 5.43 Å². The zero-order chi connectivity index (χ0) is 13.8. The van der Waals surface area contributed by atoms with Gasteiger partial charge in [-0.25, -0.2) is 5.43 Å². The van der Waals surface area contributed by atoms with Gasteiger partial charge in [-0.1, -0.05) is 0 Å². The summed E-state index contributed by atoms with van der Waals surface area (Å²) in [4.78, 5) is 27.3. The Bertz CT molecular complexity index is 384. The Morgan fingerprint density at radius 2 is 2.05 bits per heavy atom. The third-order valence-corrected chi connectivity index (χ3v) is 3.68. The third kappa shape index (κ3) is 3.76. The fourth-order valence-electron chi connectivity index (χ4n) is 2.65. The second kappa shape index (κ2) is 6.14. The van der Waals surface area contributed by atoms with E-state index < -0.39 is 0 Å². The van der Waals surface area contributed by atoms with E-state index in [0.29, 0.717) is 24.5 Å². The fraction of sp³-hybridized carbons (Fsp3) is 0.769. The average Bonchev–Trinajstić information content (AvgIpc) is 2.39. The van der Waals surface area contributed by atoms with Crippen LogP contribution in [-0.4, -0.2) is 61.1 Å². The summed E-state index contributed by atoms with van der Waals surface area (Å²) in [7, 11) is 4.16. The van der Waals surface area contributed by atoms with Crippen molar-refractivity contribution in [2.75, 3.05) is 33.7 Å². The predicted octanol–water partition coefficient (Wildman–Crippen LogP) is 0.0526. The summed E-state index contributed by atoms with van der Waals surface area (Å²) >= 11 is 0. The van der Waals surface area contributed by atoms with Crippen molar-refractivity contribution in [2.45, 2.75) is 25.7 Å². The highest BCUT2D eigenvalue weighted by molar-refractivity contribution is 6.39. The fourth-order valence-corrected chi connectivity index (χ4v) is 2.65. The maximum atomic E-state index is 12.2. The first-order valence-corrected chi connectivity index (χ1v) is 6.85. The molecule has 2 amide bonds. The van der Waals surface area contributed by atoms with Gasteiger partial charge in [0.1, 0.15) is 5.71 Å². The van der Waals surface area contributed by atoms with Crippen molar-refractivity contribution in [1.29, 1.82) is 0 Å². The van der Waals surface area contributed by atoms with Gasteiger partial charge < -0.3 is 9.80 Å². The maximum absolute atomic E-state index is 12.2. The van der Waals surface area contributed by atoms with E-state index in [9.17, 15) is 9.59 Å². The first-order valence-electron chi connectivity index (χ1n) is 6.85. The first-order chi connectivity index (χ1) is 9.06. The van der Waals surface area contributed by atoms with Gasteiger partial charge in [0.2, 0.25) is 5.91 Å². The van der Waals surface area contributed by atoms with Crippen LogP contribution in [0, 0.1) is 5.92 Å². The SMILES string of the molecule is CN(C)CC1CCN(C(=O)C2=NNC(=O)CC2)CC1. The standard InChI is InChI=1S/C13H22N4O2/c1-16(2)9-10-5-7-17(8-6-10)13(19)11-3-4-12(18)15-14-11/h10H,3-9H2,1-2H3,(H,15,18). The molecular formula is C13H22N4O2. The summed E-state index contributed by atoms with van der Waals surface area (Å²) in [5, 5.41) is 3.87. The molecule has 1 N–H and O–H groups in total. The van der Waals surface area contributed by atoms with Crippen LogP contribution in [0.2, 0.25) is 0 Å². The van der Waals surface area contributed by atoms with Gasteiger partial charge >= 0.3 is 0 Å². The molecule has 0 saturated carbocycles. The minimum absolute atomic E-state index is 0.0108. The van der Waals surface area contributed by atoms with E-state index in [2.05, 4.69) is 29.5 Å². The Labute approximate surface area is 113 Å². The monoisotopic (exact) mass is 266 g/mol. The molecule has 0 spiro atoms. The number of hydrazone groups is 1. The lowest BCUT2D eigenvalue weighted by molar-refractivity contribution is -0.125. The maximum Gasteiger partial charge on any atom is 0.270 e. The van der Waals surface area contributed by atoms with E-state index in [1.165, 1.54) is 0 Å². The van der Waals surface area contributed by atoms with Crippen LogP contribution in [0.4, 0.5) is 0 Å². The van der Waals surface area contributed by atoms with E-state index in [1.54, 1.807) is 0 Å². The number of amides is 2. The van der Waals surface area contributed by atoms with Crippen LogP contribution in [0.15, 0.2) is 5.10 Å². The molecule has 0 unspecified atom stereocenters. The van der Waals surface area contributed by atoms with E-state index in [1.807, 2.05) is 4.90 Å². The Balaban J connectivity index is 1.84. The largest absolute Gasteiger partial charge is 0.338 e. The molecule has 2 heterocycles. The van der Waals surface area contributed by atoms with Gasteiger partial charge in [0.05, 0.1) is 0 Å². The van der Waals surface area contributed by atoms with Gasteiger partial charge in [-0.2, -0.15) is 5.10 Å². The van der Waals surface area contributed by atoms with E-state index in [0.717, 1.165) is 32.5 Å². The van der Waals surface area contributed by atoms with Crippen molar-refractivity contribution >= 4 is 17.5 Å². The lowest BCUT2D eigenvalue weighted by atomic mass is 9.96. The number of nitrogens with one attached hydrogen (secondary N) is 1. The van der Waals surface area contributed by atoms with Crippen LogP contribution in [0.1, 0.15) is 25.7 Å². The number of likely N-dealkylation sites (tertiary alicyclic amines) is 1. The minimum Gasteiger partial charge on any atom is -0.338 e. The van der Waals surface area contributed by atoms with Gasteiger partial charge in [0.15, 0.2) is 0 Å². The summed E-state index contributed by atoms with van der Waals surface area (Å²) in [6, 6.07) is 0. The van der Waals surface area contributed by atoms with Crippen molar-refractivity contribution in [3.05, 3.63) is 0 Å². The molecule has 0 aromatic carbocycles. The molecule has 2 aliphatic heterocycles. The van der Waals surface area contributed by atoms with Crippen molar-refractivity contribution in [2.24, 2.45) is 11.0 Å². The highest BCUT2D eigenvalue weighted by Gasteiger charge is 2.27. The topological polar surface area (TPSA) is 65.0 Å². The lowest BCUT2D eigenvalue weighted by Gasteiger charge is -2.33. The molecule has 0 aromatic heterocycles. The molecular weight excluding hydrogens is 244 g/mol. The zero-order valence-electron chi connectivity index (χ0n) is 11.7. The third-order valence-electron chi connectivity index (χ3n) is 3.68. The number of hydrogen-bond acceptors (Lipinski definition) is 4. The summed E-state index contributed by atoms with van der Waals surface area (Å²) in [6.45, 7) is 2.67. The minimum atomic E-state index is -0.110. The van der Waals surface area contributed by atoms with E-state index in [4.69, 9.17) is 0 Å². The first kappa shape index (κ1) is 14.0. The second-order valence-electron chi connectivity index (χ2n) is 5.59. The van der Waals surface area contributed by atoms with E-state index in [-0.39, 0.29) is 11.8 Å². The smallest absolute Gasteiger partial charge is 0.270 e. The van der Waals surface area contributed by atoms with Gasteiger partial charge in [0.25, 0.3) is 5.91 Å². The molecule has 6 nitrogen and oxygen atoms in total. The molecule has 0 aromatic rings. The molecule has 106 valence electrons. The summed E-state index contributed by atoms with van der Waals surface area (Å²) in [5.74, 6) is 0.552. The molecule has 0 bridgehead atoms. The van der Waals surface area contributed by atoms with Gasteiger partial charge in [-0.3, -0.25) is 9.59 Å². The van der Waals surface area contributed by atoms with E-state index >= 15 is 0 Å². The Kier molecular flexibility index (Phi) is 4.52. The lowest BCUT2D eigenvalue weighted by Crippen LogP contribution is -2.45. The number of carbonyl (C=O) groups excluding carboxylic acids is 2. The Morgan fingerprint density at radius 3 is 2.58 bits per heavy atom. The molecule has 2 rings (SSSR count). The van der Waals surface area contributed by atoms with Crippen LogP contribution in [0.5, 0.6) is 0 Å². The number of carbonyl (C=O) groups is 2. The van der Waals surface area contributed by atoms with Crippen LogP contribution in [0.3, 0.4) is 0 Å². The summed E-state index contributed by atoms with van der Waals surface area (Å²) in [5.41, 5.74) is 2.87. The Morgan fingerprint density at radius 1 is 1.37 bits per heavy atom. The second-order valence-corrected chi connectivity index (χ2v) is 5.59. The van der Waals surface area contributed by atoms with Gasteiger partial charge in [0, 0.05) is 32.5 Å². The number of piperidine rings is 1.